The minimum atomic E-state index is 0.105. The van der Waals surface area contributed by atoms with Crippen molar-refractivity contribution in [1.29, 1.82) is 0 Å². The number of thiazole rings is 1. The summed E-state index contributed by atoms with van der Waals surface area (Å²) >= 11 is 3.41. The van der Waals surface area contributed by atoms with E-state index in [1.165, 1.54) is 5.56 Å². The second-order valence-corrected chi connectivity index (χ2v) is 8.52. The molecule has 3 rings (SSSR count). The number of benzene rings is 1. The third-order valence-electron chi connectivity index (χ3n) is 3.69. The maximum absolute atomic E-state index is 6.08. The van der Waals surface area contributed by atoms with Gasteiger partial charge in [-0.25, -0.2) is 9.97 Å². The Balaban J connectivity index is 2.07. The molecule has 4 nitrogen and oxygen atoms in total. The molecule has 1 aromatic carbocycles. The Labute approximate surface area is 163 Å². The average Bonchev–Trinajstić information content (AvgIpc) is 3.02. The number of thioether (sulfide) groups is 1. The predicted octanol–water partition coefficient (Wildman–Crippen LogP) is 5.83. The number of fused-ring (bicyclic) bond motifs is 1. The summed E-state index contributed by atoms with van der Waals surface area (Å²) in [6, 6.07) is 8.78. The molecule has 0 spiro atoms. The summed E-state index contributed by atoms with van der Waals surface area (Å²) in [5, 5.41) is 7.36. The number of hydrogen-bond donors (Lipinski definition) is 1. The number of anilines is 1. The predicted molar refractivity (Wildman–Crippen MR) is 115 cm³/mol. The van der Waals surface area contributed by atoms with Gasteiger partial charge in [-0.1, -0.05) is 6.07 Å². The van der Waals surface area contributed by atoms with Gasteiger partial charge in [0.05, 0.1) is 17.3 Å². The summed E-state index contributed by atoms with van der Waals surface area (Å²) in [5.74, 6) is 1.84. The zero-order chi connectivity index (χ0) is 18.7. The lowest BCUT2D eigenvalue weighted by Crippen LogP contribution is -2.09. The molecule has 3 aromatic rings. The van der Waals surface area contributed by atoms with E-state index in [-0.39, 0.29) is 6.10 Å². The lowest BCUT2D eigenvalue weighted by molar-refractivity contribution is 0.245. The van der Waals surface area contributed by atoms with Gasteiger partial charge >= 0.3 is 0 Å². The topological polar surface area (TPSA) is 47.0 Å². The molecule has 0 aliphatic rings. The van der Waals surface area contributed by atoms with Crippen molar-refractivity contribution < 1.29 is 4.74 Å². The maximum Gasteiger partial charge on any atom is 0.183 e. The molecule has 0 aliphatic heterocycles. The summed E-state index contributed by atoms with van der Waals surface area (Å²) in [6.45, 7) is 8.30. The minimum Gasteiger partial charge on any atom is -0.490 e. The van der Waals surface area contributed by atoms with Gasteiger partial charge in [0.15, 0.2) is 5.13 Å². The summed E-state index contributed by atoms with van der Waals surface area (Å²) < 4.78 is 6.08. The molecule has 1 N–H and O–H groups in total. The Kier molecular flexibility index (Phi) is 6.04. The Morgan fingerprint density at radius 1 is 1.12 bits per heavy atom. The molecular formula is C20H25N3OS2. The van der Waals surface area contributed by atoms with E-state index < -0.39 is 0 Å². The number of hydrogen-bond acceptors (Lipinski definition) is 6. The van der Waals surface area contributed by atoms with Gasteiger partial charge in [0.1, 0.15) is 11.4 Å². The second kappa shape index (κ2) is 8.27. The highest BCUT2D eigenvalue weighted by Crippen LogP contribution is 2.33. The van der Waals surface area contributed by atoms with E-state index in [4.69, 9.17) is 14.7 Å². The van der Waals surface area contributed by atoms with Crippen LogP contribution < -0.4 is 10.1 Å². The van der Waals surface area contributed by atoms with Crippen LogP contribution in [0.3, 0.4) is 0 Å². The molecule has 26 heavy (non-hydrogen) atoms. The molecule has 2 aromatic heterocycles. The van der Waals surface area contributed by atoms with Crippen LogP contribution in [0.15, 0.2) is 29.6 Å². The summed E-state index contributed by atoms with van der Waals surface area (Å²) in [5.41, 5.74) is 3.95. The fourth-order valence-electron chi connectivity index (χ4n) is 2.69. The fraction of sp³-hybridized carbons (Fsp3) is 0.400. The van der Waals surface area contributed by atoms with Gasteiger partial charge in [-0.15, -0.1) is 11.3 Å². The highest BCUT2D eigenvalue weighted by atomic mass is 32.2. The number of aromatic nitrogens is 2. The van der Waals surface area contributed by atoms with Gasteiger partial charge in [-0.2, -0.15) is 11.8 Å². The molecule has 0 bridgehead atoms. The van der Waals surface area contributed by atoms with Gasteiger partial charge in [-0.05, 0) is 51.6 Å². The third-order valence-corrected chi connectivity index (χ3v) is 5.08. The first-order valence-electron chi connectivity index (χ1n) is 8.78. The van der Waals surface area contributed by atoms with Crippen molar-refractivity contribution in [2.24, 2.45) is 0 Å². The first kappa shape index (κ1) is 19.0. The monoisotopic (exact) mass is 387 g/mol. The maximum atomic E-state index is 6.08. The van der Waals surface area contributed by atoms with Crippen molar-refractivity contribution in [2.75, 3.05) is 11.6 Å². The molecular weight excluding hydrogens is 362 g/mol. The van der Waals surface area contributed by atoms with E-state index in [0.29, 0.717) is 6.04 Å². The van der Waals surface area contributed by atoms with E-state index in [9.17, 15) is 0 Å². The molecule has 0 amide bonds. The van der Waals surface area contributed by atoms with Crippen LogP contribution in [0, 0.1) is 0 Å². The van der Waals surface area contributed by atoms with Crippen molar-refractivity contribution in [2.45, 2.75) is 45.6 Å². The molecule has 0 aliphatic carbocycles. The van der Waals surface area contributed by atoms with Crippen LogP contribution in [0.5, 0.6) is 5.75 Å². The molecule has 2 heterocycles. The standard InChI is InChI=1S/C20H25N3OS2/c1-12(2)21-20-23-18(11-26-20)17-9-19(24-13(3)4)15-7-6-14(10-25-5)8-16(15)22-17/h6-9,11-13H,10H2,1-5H3,(H,21,23). The number of nitrogens with one attached hydrogen (secondary N) is 1. The van der Waals surface area contributed by atoms with Crippen LogP contribution in [0.2, 0.25) is 0 Å². The molecule has 0 saturated carbocycles. The fourth-order valence-corrected chi connectivity index (χ4v) is 4.05. The number of nitrogens with zero attached hydrogens (tertiary/aromatic N) is 2. The van der Waals surface area contributed by atoms with E-state index >= 15 is 0 Å². The third kappa shape index (κ3) is 4.48. The highest BCUT2D eigenvalue weighted by molar-refractivity contribution is 7.97. The van der Waals surface area contributed by atoms with Crippen LogP contribution in [0.4, 0.5) is 5.13 Å². The molecule has 138 valence electrons. The van der Waals surface area contributed by atoms with Crippen LogP contribution in [-0.2, 0) is 5.75 Å². The van der Waals surface area contributed by atoms with Crippen molar-refractivity contribution >= 4 is 39.1 Å². The molecule has 0 radical (unpaired) electrons. The lowest BCUT2D eigenvalue weighted by Gasteiger charge is -2.14. The van der Waals surface area contributed by atoms with Gasteiger partial charge in [0.25, 0.3) is 0 Å². The van der Waals surface area contributed by atoms with Gasteiger partial charge in [0.2, 0.25) is 0 Å². The van der Waals surface area contributed by atoms with Gasteiger partial charge in [-0.3, -0.25) is 0 Å². The van der Waals surface area contributed by atoms with E-state index in [2.05, 4.69) is 43.6 Å². The number of ether oxygens (including phenoxy) is 1. The molecule has 6 heteroatoms. The molecule has 0 fully saturated rings. The van der Waals surface area contributed by atoms with E-state index in [1.807, 2.05) is 37.1 Å². The Morgan fingerprint density at radius 3 is 2.62 bits per heavy atom. The quantitative estimate of drug-likeness (QED) is 0.553. The van der Waals surface area contributed by atoms with Crippen molar-refractivity contribution in [3.05, 3.63) is 35.2 Å². The van der Waals surface area contributed by atoms with Gasteiger partial charge in [0, 0.05) is 28.6 Å². The average molecular weight is 388 g/mol. The first-order valence-corrected chi connectivity index (χ1v) is 11.1. The minimum absolute atomic E-state index is 0.105. The van der Waals surface area contributed by atoms with Crippen LogP contribution in [0.25, 0.3) is 22.3 Å². The Morgan fingerprint density at radius 2 is 1.92 bits per heavy atom. The smallest absolute Gasteiger partial charge is 0.183 e. The summed E-state index contributed by atoms with van der Waals surface area (Å²) in [6.07, 6.45) is 2.22. The number of rotatable bonds is 7. The molecule has 0 unspecified atom stereocenters. The molecule has 0 atom stereocenters. The van der Waals surface area contributed by atoms with Crippen molar-refractivity contribution in [3.63, 3.8) is 0 Å². The molecule has 0 saturated heterocycles. The highest BCUT2D eigenvalue weighted by Gasteiger charge is 2.13. The summed E-state index contributed by atoms with van der Waals surface area (Å²) in [7, 11) is 0. The summed E-state index contributed by atoms with van der Waals surface area (Å²) in [4.78, 5) is 9.57. The zero-order valence-corrected chi connectivity index (χ0v) is 17.5. The Hall–Kier alpha value is -1.79. The lowest BCUT2D eigenvalue weighted by atomic mass is 10.1. The van der Waals surface area contributed by atoms with Crippen LogP contribution >= 0.6 is 23.1 Å². The van der Waals surface area contributed by atoms with E-state index in [0.717, 1.165) is 38.9 Å². The number of pyridine rings is 1. The van der Waals surface area contributed by atoms with Crippen LogP contribution in [0.1, 0.15) is 33.3 Å². The van der Waals surface area contributed by atoms with Crippen molar-refractivity contribution in [3.8, 4) is 17.1 Å². The first-order chi connectivity index (χ1) is 12.5. The van der Waals surface area contributed by atoms with Crippen molar-refractivity contribution in [1.82, 2.24) is 9.97 Å². The zero-order valence-electron chi connectivity index (χ0n) is 15.9. The van der Waals surface area contributed by atoms with Crippen LogP contribution in [-0.4, -0.2) is 28.4 Å². The van der Waals surface area contributed by atoms with E-state index in [1.54, 1.807) is 11.3 Å². The second-order valence-electron chi connectivity index (χ2n) is 6.79. The largest absolute Gasteiger partial charge is 0.490 e. The SMILES string of the molecule is CSCc1ccc2c(OC(C)C)cc(-c3csc(NC(C)C)n3)nc2c1. The Bertz CT molecular complexity index is 890. The normalized spacial score (nSPS) is 11.5. The van der Waals surface area contributed by atoms with Gasteiger partial charge < -0.3 is 10.1 Å².